The Bertz CT molecular complexity index is 1910. The third-order valence-corrected chi connectivity index (χ3v) is 11.5. The fourth-order valence-electron chi connectivity index (χ4n) is 8.66. The molecule has 2 aliphatic heterocycles. The number of ether oxygens (including phenoxy) is 4. The van der Waals surface area contributed by atoms with Crippen LogP contribution in [0, 0.1) is 23.7 Å². The minimum atomic E-state index is -0.587. The van der Waals surface area contributed by atoms with E-state index in [-0.39, 0.29) is 53.6 Å². The molecule has 0 amide bonds. The highest BCUT2D eigenvalue weighted by Gasteiger charge is 2.39. The lowest BCUT2D eigenvalue weighted by Crippen LogP contribution is -2.44. The van der Waals surface area contributed by atoms with Gasteiger partial charge in [0.05, 0.1) is 30.8 Å². The summed E-state index contributed by atoms with van der Waals surface area (Å²) in [6.07, 6.45) is 12.4. The first-order valence-electron chi connectivity index (χ1n) is 20.2. The number of benzene rings is 2. The van der Waals surface area contributed by atoms with Gasteiger partial charge >= 0.3 is 5.97 Å². The number of hydrogen-bond acceptors (Lipinski definition) is 10. The number of hydrogen-bond donors (Lipinski definition) is 5. The van der Waals surface area contributed by atoms with E-state index in [1.165, 1.54) is 32.3 Å². The third-order valence-electron chi connectivity index (χ3n) is 11.5. The summed E-state index contributed by atoms with van der Waals surface area (Å²) < 4.78 is 25.2. The normalized spacial score (nSPS) is 26.9. The summed E-state index contributed by atoms with van der Waals surface area (Å²) in [5.41, 5.74) is 9.02. The number of aromatic hydroxyl groups is 3. The second kappa shape index (κ2) is 18.2. The zero-order valence-electron chi connectivity index (χ0n) is 32.1. The van der Waals surface area contributed by atoms with Crippen molar-refractivity contribution in [3.63, 3.8) is 0 Å². The Morgan fingerprint density at radius 2 is 1.88 bits per heavy atom. The highest BCUT2D eigenvalue weighted by Crippen LogP contribution is 2.44. The zero-order valence-corrected chi connectivity index (χ0v) is 32.1. The molecule has 12 nitrogen and oxygen atoms in total. The number of nitrogens with one attached hydrogen (secondary N) is 1. The number of fused-ring (bicyclic) bond motifs is 3. The van der Waals surface area contributed by atoms with Gasteiger partial charge in [-0.05, 0) is 85.5 Å². The maximum absolute atomic E-state index is 12.3. The Balaban J connectivity index is 1.15. The van der Waals surface area contributed by atoms with Crippen molar-refractivity contribution in [1.82, 2.24) is 10.3 Å². The monoisotopic (exact) mass is 766 g/mol. The summed E-state index contributed by atoms with van der Waals surface area (Å²) >= 11 is 0. The molecule has 12 heteroatoms. The van der Waals surface area contributed by atoms with E-state index >= 15 is 0 Å². The van der Waals surface area contributed by atoms with Crippen LogP contribution in [0.3, 0.4) is 0 Å². The molecular formula is C44H54N4O8. The van der Waals surface area contributed by atoms with Crippen molar-refractivity contribution < 1.29 is 39.1 Å². The fraction of sp³-hybridized carbons (Fsp3) is 0.523. The maximum Gasteiger partial charge on any atom is 0.302 e. The van der Waals surface area contributed by atoms with Gasteiger partial charge in [-0.3, -0.25) is 9.78 Å². The first-order valence-corrected chi connectivity index (χ1v) is 20.2. The first-order chi connectivity index (χ1) is 27.2. The largest absolute Gasteiger partial charge is 0.504 e. The minimum absolute atomic E-state index is 0.0647. The summed E-state index contributed by atoms with van der Waals surface area (Å²) in [7, 11) is 0. The number of carbonyl (C=O) groups excluding carboxylic acids is 1. The highest BCUT2D eigenvalue weighted by atomic mass is 16.6. The van der Waals surface area contributed by atoms with Gasteiger partial charge in [0, 0.05) is 57.0 Å². The molecule has 7 rings (SSSR count). The van der Waals surface area contributed by atoms with Crippen LogP contribution < -0.4 is 20.5 Å². The summed E-state index contributed by atoms with van der Waals surface area (Å²) in [6, 6.07) is 12.6. The molecule has 298 valence electrons. The van der Waals surface area contributed by atoms with E-state index in [0.717, 1.165) is 43.2 Å². The molecule has 3 fully saturated rings. The molecule has 2 bridgehead atoms. The van der Waals surface area contributed by atoms with Crippen molar-refractivity contribution in [2.45, 2.75) is 127 Å². The summed E-state index contributed by atoms with van der Waals surface area (Å²) in [5, 5.41) is 35.9. The average Bonchev–Trinajstić information content (AvgIpc) is 3.21. The lowest BCUT2D eigenvalue weighted by atomic mass is 9.82. The van der Waals surface area contributed by atoms with Crippen LogP contribution in [-0.2, 0) is 27.1 Å². The Labute approximate surface area is 328 Å². The lowest BCUT2D eigenvalue weighted by molar-refractivity contribution is -0.164. The van der Waals surface area contributed by atoms with Crippen LogP contribution in [0.4, 0.5) is 0 Å². The number of phenols is 3. The molecule has 6 N–H and O–H groups in total. The number of pyridine rings is 1. The summed E-state index contributed by atoms with van der Waals surface area (Å²) in [4.78, 5) is 21.4. The molecule has 1 aromatic heterocycles. The number of phenolic OH excluding ortho intramolecular Hbond substituents is 3. The molecule has 2 aromatic carbocycles. The number of rotatable bonds is 9. The SMILES string of the molecule is CC(=O)O[C@H]1C[C@@H](c2cc(O)c(O)c(OCCc3cccnc3)c2)O[C@@H]([C@H]2CC#C[C@H]3[C@@H](N=C(N)NC4CCCCC4)CCC[C@H]3Oc3cc(ccc3O)C2)C1. The van der Waals surface area contributed by atoms with Gasteiger partial charge in [-0.25, -0.2) is 4.99 Å². The first kappa shape index (κ1) is 39.1. The van der Waals surface area contributed by atoms with Crippen molar-refractivity contribution >= 4 is 11.9 Å². The molecule has 2 aliphatic carbocycles. The summed E-state index contributed by atoms with van der Waals surface area (Å²) in [5.74, 6) is 6.63. The number of aliphatic imine (C=N–C) groups is 1. The van der Waals surface area contributed by atoms with E-state index in [9.17, 15) is 20.1 Å². The third kappa shape index (κ3) is 9.98. The number of nitrogens with two attached hydrogens (primary N) is 1. The van der Waals surface area contributed by atoms with E-state index in [1.54, 1.807) is 24.5 Å². The Morgan fingerprint density at radius 3 is 2.68 bits per heavy atom. The molecule has 0 spiro atoms. The van der Waals surface area contributed by atoms with Crippen molar-refractivity contribution in [3.8, 4) is 40.6 Å². The number of guanidine groups is 1. The second-order valence-electron chi connectivity index (χ2n) is 15.7. The van der Waals surface area contributed by atoms with Crippen LogP contribution >= 0.6 is 0 Å². The number of carbonyl (C=O) groups is 1. The predicted octanol–water partition coefficient (Wildman–Crippen LogP) is 6.39. The van der Waals surface area contributed by atoms with Gasteiger partial charge in [-0.2, -0.15) is 0 Å². The Morgan fingerprint density at radius 1 is 1.02 bits per heavy atom. The van der Waals surface area contributed by atoms with Crippen molar-refractivity contribution in [1.29, 1.82) is 0 Å². The van der Waals surface area contributed by atoms with Crippen LogP contribution in [0.1, 0.15) is 100 Å². The lowest BCUT2D eigenvalue weighted by Gasteiger charge is -2.39. The fourth-order valence-corrected chi connectivity index (χ4v) is 8.66. The van der Waals surface area contributed by atoms with E-state index in [2.05, 4.69) is 22.1 Å². The topological polar surface area (TPSA) is 178 Å². The van der Waals surface area contributed by atoms with Gasteiger partial charge in [0.2, 0.25) is 5.75 Å². The van der Waals surface area contributed by atoms with Crippen LogP contribution in [0.5, 0.6) is 28.7 Å². The van der Waals surface area contributed by atoms with Gasteiger partial charge in [-0.15, -0.1) is 5.92 Å². The zero-order chi connectivity index (χ0) is 39.0. The maximum atomic E-state index is 12.3. The van der Waals surface area contributed by atoms with Gasteiger partial charge in [0.15, 0.2) is 29.0 Å². The van der Waals surface area contributed by atoms with E-state index < -0.39 is 24.3 Å². The average molecular weight is 767 g/mol. The predicted molar refractivity (Wildman–Crippen MR) is 210 cm³/mol. The van der Waals surface area contributed by atoms with E-state index in [0.29, 0.717) is 55.4 Å². The van der Waals surface area contributed by atoms with Gasteiger partial charge in [0.25, 0.3) is 0 Å². The quantitative estimate of drug-likeness (QED) is 0.0536. The standard InChI is InChI=1S/C44H54N4O8/c1-27(49)54-33-24-39(56-40(25-33)31-22-37(51)43(52)42(23-31)53-19-17-28-8-7-18-46-26-28)30-9-5-12-34-35(48-44(45)47-32-10-3-2-4-11-32)13-6-14-38(34)55-41-21-29(20-30)15-16-36(41)50/h7-8,15-16,18,21-23,26,30,32-35,38-40,50-52H,2-4,6,9-11,13-14,17,19-20,24-25H2,1H3,(H3,45,47,48)/t30-,33+,34-,35-,38+,39+,40-/m0/s1. The minimum Gasteiger partial charge on any atom is -0.504 e. The molecule has 7 atom stereocenters. The number of nitrogens with zero attached hydrogens (tertiary/aromatic N) is 2. The van der Waals surface area contributed by atoms with Crippen LogP contribution in [-0.4, -0.2) is 69.2 Å². The second-order valence-corrected chi connectivity index (χ2v) is 15.7. The smallest absolute Gasteiger partial charge is 0.302 e. The van der Waals surface area contributed by atoms with Gasteiger partial charge in [0.1, 0.15) is 12.2 Å². The molecule has 3 heterocycles. The number of esters is 1. The van der Waals surface area contributed by atoms with E-state index in [1.807, 2.05) is 24.3 Å². The highest BCUT2D eigenvalue weighted by molar-refractivity contribution is 5.78. The van der Waals surface area contributed by atoms with E-state index in [4.69, 9.17) is 29.7 Å². The molecule has 56 heavy (non-hydrogen) atoms. The molecule has 2 saturated carbocycles. The van der Waals surface area contributed by atoms with Crippen molar-refractivity contribution in [2.24, 2.45) is 22.6 Å². The summed E-state index contributed by atoms with van der Waals surface area (Å²) in [6.45, 7) is 1.65. The van der Waals surface area contributed by atoms with Crippen LogP contribution in [0.2, 0.25) is 0 Å². The molecule has 0 unspecified atom stereocenters. The number of aromatic nitrogens is 1. The molecule has 1 saturated heterocycles. The molecule has 0 radical (unpaired) electrons. The van der Waals surface area contributed by atoms with Gasteiger partial charge < -0.3 is 45.3 Å². The molecule has 4 aliphatic rings. The van der Waals surface area contributed by atoms with Crippen molar-refractivity contribution in [2.75, 3.05) is 6.61 Å². The van der Waals surface area contributed by atoms with Crippen molar-refractivity contribution in [3.05, 3.63) is 71.5 Å². The molecule has 3 aromatic rings. The Kier molecular flexibility index (Phi) is 12.7. The van der Waals surface area contributed by atoms with Crippen LogP contribution in [0.15, 0.2) is 59.9 Å². The van der Waals surface area contributed by atoms with Crippen LogP contribution in [0.25, 0.3) is 0 Å². The molecular weight excluding hydrogens is 713 g/mol. The van der Waals surface area contributed by atoms with Gasteiger partial charge in [-0.1, -0.05) is 37.3 Å². The Hall–Kier alpha value is -5.15.